The van der Waals surface area contributed by atoms with Crippen LogP contribution in [0.2, 0.25) is 0 Å². The third-order valence-corrected chi connectivity index (χ3v) is 5.42. The summed E-state index contributed by atoms with van der Waals surface area (Å²) in [5.41, 5.74) is 0.815. The van der Waals surface area contributed by atoms with E-state index in [0.717, 1.165) is 12.0 Å². The van der Waals surface area contributed by atoms with Crippen LogP contribution in [-0.4, -0.2) is 36.7 Å². The Morgan fingerprint density at radius 1 is 1.20 bits per heavy atom. The maximum atomic E-state index is 12.4. The molecular formula is C18H30N2O4S. The van der Waals surface area contributed by atoms with Crippen molar-refractivity contribution in [1.29, 1.82) is 0 Å². The minimum atomic E-state index is -3.64. The average molecular weight is 371 g/mol. The van der Waals surface area contributed by atoms with Gasteiger partial charge in [-0.2, -0.15) is 8.42 Å². The Hall–Kier alpha value is -1.76. The molecule has 7 heteroatoms. The molecule has 1 aromatic carbocycles. The maximum Gasteiger partial charge on any atom is 0.318 e. The first kappa shape index (κ1) is 21.3. The van der Waals surface area contributed by atoms with E-state index < -0.39 is 15.4 Å². The van der Waals surface area contributed by atoms with Gasteiger partial charge in [-0.1, -0.05) is 19.1 Å². The van der Waals surface area contributed by atoms with Crippen LogP contribution < -0.4 is 9.50 Å². The van der Waals surface area contributed by atoms with Crippen molar-refractivity contribution in [1.82, 2.24) is 10.2 Å². The van der Waals surface area contributed by atoms with Crippen molar-refractivity contribution in [3.05, 3.63) is 29.8 Å². The molecule has 0 spiro atoms. The van der Waals surface area contributed by atoms with E-state index in [1.54, 1.807) is 36.9 Å². The number of rotatable bonds is 8. The molecule has 0 radical (unpaired) electrons. The molecule has 0 unspecified atom stereocenters. The molecular weight excluding hydrogens is 340 g/mol. The van der Waals surface area contributed by atoms with Crippen molar-refractivity contribution >= 4 is 16.1 Å². The van der Waals surface area contributed by atoms with E-state index in [1.165, 1.54) is 0 Å². The zero-order chi connectivity index (χ0) is 19.2. The van der Waals surface area contributed by atoms with Crippen LogP contribution in [0.4, 0.5) is 4.79 Å². The van der Waals surface area contributed by atoms with E-state index in [1.807, 2.05) is 33.8 Å². The topological polar surface area (TPSA) is 75.7 Å². The highest BCUT2D eigenvalue weighted by molar-refractivity contribution is 7.87. The van der Waals surface area contributed by atoms with Gasteiger partial charge in [0, 0.05) is 18.6 Å². The van der Waals surface area contributed by atoms with Crippen LogP contribution in [0.1, 0.15) is 53.5 Å². The second-order valence-electron chi connectivity index (χ2n) is 6.76. The van der Waals surface area contributed by atoms with Crippen molar-refractivity contribution in [2.75, 3.05) is 0 Å². The van der Waals surface area contributed by atoms with Crippen molar-refractivity contribution in [3.8, 4) is 5.75 Å². The highest BCUT2D eigenvalue weighted by Crippen LogP contribution is 2.20. The standard InChI is InChI=1S/C18H30N2O4S/c1-7-15(6)20(18(21)19-13(2)3)12-16-9-8-10-17(11-16)24-25(22,23)14(4)5/h8-11,13-15H,7,12H2,1-6H3,(H,19,21)/t15-/m0/s1. The Morgan fingerprint density at radius 2 is 1.84 bits per heavy atom. The summed E-state index contributed by atoms with van der Waals surface area (Å²) in [4.78, 5) is 14.2. The SMILES string of the molecule is CC[C@H](C)N(Cc1cccc(OS(=O)(=O)C(C)C)c1)C(=O)NC(C)C. The molecule has 2 amide bonds. The van der Waals surface area contributed by atoms with E-state index in [9.17, 15) is 13.2 Å². The summed E-state index contributed by atoms with van der Waals surface area (Å²) < 4.78 is 29.0. The Kier molecular flexibility index (Phi) is 7.73. The minimum absolute atomic E-state index is 0.0462. The number of hydrogen-bond donors (Lipinski definition) is 1. The zero-order valence-electron chi connectivity index (χ0n) is 15.9. The van der Waals surface area contributed by atoms with Crippen molar-refractivity contribution < 1.29 is 17.4 Å². The Balaban J connectivity index is 2.98. The van der Waals surface area contributed by atoms with E-state index in [2.05, 4.69) is 5.32 Å². The summed E-state index contributed by atoms with van der Waals surface area (Å²) in [6.07, 6.45) is 0.823. The lowest BCUT2D eigenvalue weighted by Crippen LogP contribution is -2.46. The summed E-state index contributed by atoms with van der Waals surface area (Å²) in [5, 5.41) is 2.29. The highest BCUT2D eigenvalue weighted by atomic mass is 32.2. The molecule has 1 N–H and O–H groups in total. The predicted octanol–water partition coefficient (Wildman–Crippen LogP) is 3.52. The maximum absolute atomic E-state index is 12.4. The minimum Gasteiger partial charge on any atom is -0.382 e. The van der Waals surface area contributed by atoms with Gasteiger partial charge in [-0.3, -0.25) is 0 Å². The van der Waals surface area contributed by atoms with Gasteiger partial charge in [0.2, 0.25) is 0 Å². The molecule has 0 aliphatic carbocycles. The number of hydrogen-bond acceptors (Lipinski definition) is 4. The number of urea groups is 1. The summed E-state index contributed by atoms with van der Waals surface area (Å²) in [6, 6.07) is 6.82. The molecule has 0 saturated heterocycles. The van der Waals surface area contributed by atoms with E-state index >= 15 is 0 Å². The largest absolute Gasteiger partial charge is 0.382 e. The third-order valence-electron chi connectivity index (χ3n) is 3.84. The van der Waals surface area contributed by atoms with Crippen LogP contribution in [0, 0.1) is 0 Å². The van der Waals surface area contributed by atoms with E-state index in [0.29, 0.717) is 6.54 Å². The first-order valence-electron chi connectivity index (χ1n) is 8.66. The summed E-state index contributed by atoms with van der Waals surface area (Å²) in [6.45, 7) is 11.4. The third kappa shape index (κ3) is 6.57. The predicted molar refractivity (Wildman–Crippen MR) is 100 cm³/mol. The molecule has 0 saturated carbocycles. The van der Waals surface area contributed by atoms with Crippen LogP contribution >= 0.6 is 0 Å². The second kappa shape index (κ2) is 9.08. The number of benzene rings is 1. The number of nitrogens with one attached hydrogen (secondary N) is 1. The number of amides is 2. The quantitative estimate of drug-likeness (QED) is 0.710. The van der Waals surface area contributed by atoms with Crippen LogP contribution in [-0.2, 0) is 16.7 Å². The Bertz CT molecular complexity index is 671. The smallest absolute Gasteiger partial charge is 0.318 e. The van der Waals surface area contributed by atoms with Crippen LogP contribution in [0.25, 0.3) is 0 Å². The fraction of sp³-hybridized carbons (Fsp3) is 0.611. The van der Waals surface area contributed by atoms with Gasteiger partial charge in [-0.25, -0.2) is 4.79 Å². The molecule has 1 aromatic rings. The number of carbonyl (C=O) groups excluding carboxylic acids is 1. The van der Waals surface area contributed by atoms with Gasteiger partial charge in [-0.05, 0) is 58.7 Å². The van der Waals surface area contributed by atoms with Gasteiger partial charge in [0.1, 0.15) is 5.75 Å². The Morgan fingerprint density at radius 3 is 2.36 bits per heavy atom. The molecule has 6 nitrogen and oxygen atoms in total. The highest BCUT2D eigenvalue weighted by Gasteiger charge is 2.21. The van der Waals surface area contributed by atoms with Gasteiger partial charge < -0.3 is 14.4 Å². The summed E-state index contributed by atoms with van der Waals surface area (Å²) in [7, 11) is -3.64. The lowest BCUT2D eigenvalue weighted by Gasteiger charge is -2.30. The fourth-order valence-corrected chi connectivity index (χ4v) is 2.67. The molecule has 0 aliphatic heterocycles. The van der Waals surface area contributed by atoms with Gasteiger partial charge in [0.05, 0.1) is 5.25 Å². The molecule has 1 rings (SSSR count). The normalized spacial score (nSPS) is 13.0. The van der Waals surface area contributed by atoms with Crippen molar-refractivity contribution in [2.45, 2.75) is 71.8 Å². The van der Waals surface area contributed by atoms with Gasteiger partial charge in [0.15, 0.2) is 0 Å². The summed E-state index contributed by atoms with van der Waals surface area (Å²) in [5.74, 6) is 0.263. The van der Waals surface area contributed by atoms with Crippen LogP contribution in [0.15, 0.2) is 24.3 Å². The molecule has 25 heavy (non-hydrogen) atoms. The molecule has 0 fully saturated rings. The lowest BCUT2D eigenvalue weighted by molar-refractivity contribution is 0.171. The molecule has 1 atom stereocenters. The van der Waals surface area contributed by atoms with Crippen LogP contribution in [0.3, 0.4) is 0 Å². The number of nitrogens with zero attached hydrogens (tertiary/aromatic N) is 1. The van der Waals surface area contributed by atoms with E-state index in [4.69, 9.17) is 4.18 Å². The van der Waals surface area contributed by atoms with Gasteiger partial charge >= 0.3 is 16.1 Å². The molecule has 142 valence electrons. The fourth-order valence-electron chi connectivity index (χ4n) is 2.10. The Labute approximate surface area is 151 Å². The molecule has 0 bridgehead atoms. The number of carbonyl (C=O) groups is 1. The van der Waals surface area contributed by atoms with E-state index in [-0.39, 0.29) is 23.9 Å². The molecule has 0 aliphatic rings. The zero-order valence-corrected chi connectivity index (χ0v) is 16.8. The molecule has 0 aromatic heterocycles. The first-order valence-corrected chi connectivity index (χ1v) is 10.1. The van der Waals surface area contributed by atoms with Gasteiger partial charge in [0.25, 0.3) is 0 Å². The van der Waals surface area contributed by atoms with Crippen LogP contribution in [0.5, 0.6) is 5.75 Å². The monoisotopic (exact) mass is 370 g/mol. The summed E-state index contributed by atoms with van der Waals surface area (Å²) >= 11 is 0. The van der Waals surface area contributed by atoms with Crippen molar-refractivity contribution in [2.24, 2.45) is 0 Å². The second-order valence-corrected chi connectivity index (χ2v) is 8.86. The average Bonchev–Trinajstić information content (AvgIpc) is 2.50. The molecule has 0 heterocycles. The van der Waals surface area contributed by atoms with Gasteiger partial charge in [-0.15, -0.1) is 0 Å². The lowest BCUT2D eigenvalue weighted by atomic mass is 10.1. The van der Waals surface area contributed by atoms with Crippen molar-refractivity contribution in [3.63, 3.8) is 0 Å². The first-order chi connectivity index (χ1) is 11.6.